The predicted octanol–water partition coefficient (Wildman–Crippen LogP) is 2.89. The molecule has 1 atom stereocenters. The molecule has 26 heavy (non-hydrogen) atoms. The Hall–Kier alpha value is -2.22. The van der Waals surface area contributed by atoms with Crippen molar-refractivity contribution in [3.05, 3.63) is 24.3 Å². The quantitative estimate of drug-likeness (QED) is 0.748. The summed E-state index contributed by atoms with van der Waals surface area (Å²) in [4.78, 5) is 26.2. The number of rotatable bonds is 7. The van der Waals surface area contributed by atoms with Gasteiger partial charge in [0, 0.05) is 0 Å². The fourth-order valence-electron chi connectivity index (χ4n) is 2.95. The highest BCUT2D eigenvalue weighted by Gasteiger charge is 2.30. The maximum atomic E-state index is 12.5. The van der Waals surface area contributed by atoms with E-state index in [0.717, 1.165) is 0 Å². The molecule has 6 nitrogen and oxygen atoms in total. The summed E-state index contributed by atoms with van der Waals surface area (Å²) in [6.45, 7) is 2.09. The number of likely N-dealkylation sites (tertiary alicyclic amines) is 1. The summed E-state index contributed by atoms with van der Waals surface area (Å²) in [5.41, 5.74) is 0.200. The monoisotopic (exact) mass is 370 g/mol. The van der Waals surface area contributed by atoms with Crippen LogP contribution in [0.3, 0.4) is 0 Å². The van der Waals surface area contributed by atoms with Crippen molar-refractivity contribution in [3.8, 4) is 5.75 Å². The number of benzene rings is 1. The number of alkyl halides is 2. The third kappa shape index (κ3) is 5.39. The first-order valence-electron chi connectivity index (χ1n) is 8.67. The van der Waals surface area contributed by atoms with Gasteiger partial charge in [-0.1, -0.05) is 12.1 Å². The number of hydrogen-bond acceptors (Lipinski definition) is 5. The minimum atomic E-state index is -2.97. The van der Waals surface area contributed by atoms with Crippen LogP contribution in [0.25, 0.3) is 0 Å². The van der Waals surface area contributed by atoms with E-state index in [1.807, 2.05) is 4.90 Å². The fourth-order valence-corrected chi connectivity index (χ4v) is 2.95. The van der Waals surface area contributed by atoms with Crippen molar-refractivity contribution < 1.29 is 27.8 Å². The molecule has 0 aliphatic carbocycles. The lowest BCUT2D eigenvalue weighted by molar-refractivity contribution is -0.149. The maximum absolute atomic E-state index is 12.5. The van der Waals surface area contributed by atoms with Crippen molar-refractivity contribution in [3.63, 3.8) is 0 Å². The van der Waals surface area contributed by atoms with E-state index in [1.54, 1.807) is 26.0 Å². The number of nitrogens with zero attached hydrogens (tertiary/aromatic N) is 1. The van der Waals surface area contributed by atoms with Crippen LogP contribution >= 0.6 is 0 Å². The number of piperidine rings is 1. The van der Waals surface area contributed by atoms with Crippen LogP contribution in [0, 0.1) is 5.92 Å². The lowest BCUT2D eigenvalue weighted by atomic mass is 9.96. The molecule has 0 spiro atoms. The molecule has 1 N–H and O–H groups in total. The van der Waals surface area contributed by atoms with Gasteiger partial charge in [-0.05, 0) is 51.9 Å². The van der Waals surface area contributed by atoms with Crippen molar-refractivity contribution in [2.75, 3.05) is 25.0 Å². The standard InChI is InChI=1S/C18H24F2N2O4/c1-3-25-17(24)13-8-10-22(11-9-13)12(2)16(23)21-14-6-4-5-7-15(14)26-18(19)20/h4-7,12-13,18H,3,8-11H2,1-2H3,(H,21,23)/t12-/m0/s1. The smallest absolute Gasteiger partial charge is 0.387 e. The number of carbonyl (C=O) groups is 2. The Morgan fingerprint density at radius 3 is 2.54 bits per heavy atom. The Kier molecular flexibility index (Phi) is 7.32. The molecule has 0 aromatic heterocycles. The molecule has 1 aromatic carbocycles. The van der Waals surface area contributed by atoms with Gasteiger partial charge in [0.1, 0.15) is 5.75 Å². The normalized spacial score (nSPS) is 17.0. The van der Waals surface area contributed by atoms with Crippen LogP contribution in [0.2, 0.25) is 0 Å². The summed E-state index contributed by atoms with van der Waals surface area (Å²) < 4.78 is 34.4. The summed E-state index contributed by atoms with van der Waals surface area (Å²) >= 11 is 0. The number of esters is 1. The molecular formula is C18H24F2N2O4. The van der Waals surface area contributed by atoms with Gasteiger partial charge >= 0.3 is 12.6 Å². The second-order valence-electron chi connectivity index (χ2n) is 6.10. The van der Waals surface area contributed by atoms with E-state index in [1.165, 1.54) is 12.1 Å². The van der Waals surface area contributed by atoms with Gasteiger partial charge in [-0.3, -0.25) is 14.5 Å². The molecule has 1 aliphatic heterocycles. The summed E-state index contributed by atoms with van der Waals surface area (Å²) in [6.07, 6.45) is 1.25. The Balaban J connectivity index is 1.92. The minimum Gasteiger partial charge on any atom is -0.466 e. The average Bonchev–Trinajstić information content (AvgIpc) is 2.62. The van der Waals surface area contributed by atoms with E-state index >= 15 is 0 Å². The largest absolute Gasteiger partial charge is 0.466 e. The summed E-state index contributed by atoms with van der Waals surface area (Å²) in [7, 11) is 0. The van der Waals surface area contributed by atoms with E-state index in [9.17, 15) is 18.4 Å². The van der Waals surface area contributed by atoms with Crippen molar-refractivity contribution >= 4 is 17.6 Å². The highest BCUT2D eigenvalue weighted by molar-refractivity contribution is 5.95. The Morgan fingerprint density at radius 1 is 1.27 bits per heavy atom. The van der Waals surface area contributed by atoms with Gasteiger partial charge in [-0.15, -0.1) is 0 Å². The Labute approximate surface area is 151 Å². The molecule has 0 bridgehead atoms. The number of amides is 1. The zero-order valence-corrected chi connectivity index (χ0v) is 14.9. The van der Waals surface area contributed by atoms with E-state index in [2.05, 4.69) is 10.1 Å². The number of hydrogen-bond donors (Lipinski definition) is 1. The van der Waals surface area contributed by atoms with Gasteiger partial charge in [0.05, 0.1) is 24.3 Å². The predicted molar refractivity (Wildman–Crippen MR) is 92.1 cm³/mol. The maximum Gasteiger partial charge on any atom is 0.387 e. The molecule has 1 saturated heterocycles. The zero-order chi connectivity index (χ0) is 19.1. The van der Waals surface area contributed by atoms with Gasteiger partial charge in [0.2, 0.25) is 5.91 Å². The Bertz CT molecular complexity index is 619. The number of anilines is 1. The van der Waals surface area contributed by atoms with E-state index in [-0.39, 0.29) is 29.2 Å². The van der Waals surface area contributed by atoms with Crippen molar-refractivity contribution in [2.24, 2.45) is 5.92 Å². The van der Waals surface area contributed by atoms with Gasteiger partial charge in [0.25, 0.3) is 0 Å². The summed E-state index contributed by atoms with van der Waals surface area (Å²) in [6, 6.07) is 5.60. The van der Waals surface area contributed by atoms with E-state index < -0.39 is 12.7 Å². The molecule has 0 radical (unpaired) electrons. The first kappa shape index (κ1) is 20.1. The molecule has 1 fully saturated rings. The topological polar surface area (TPSA) is 67.9 Å². The average molecular weight is 370 g/mol. The molecule has 8 heteroatoms. The number of halogens is 2. The molecule has 0 saturated carbocycles. The van der Waals surface area contributed by atoms with Crippen molar-refractivity contribution in [1.29, 1.82) is 0 Å². The molecule has 0 unspecified atom stereocenters. The molecule has 1 aliphatic rings. The summed E-state index contributed by atoms with van der Waals surface area (Å²) in [5.74, 6) is -0.724. The molecular weight excluding hydrogens is 346 g/mol. The lowest BCUT2D eigenvalue weighted by Gasteiger charge is -2.34. The molecule has 1 amide bonds. The third-order valence-corrected chi connectivity index (χ3v) is 4.44. The Morgan fingerprint density at radius 2 is 1.92 bits per heavy atom. The van der Waals surface area contributed by atoms with Crippen molar-refractivity contribution in [2.45, 2.75) is 39.3 Å². The SMILES string of the molecule is CCOC(=O)C1CCN([C@@H](C)C(=O)Nc2ccccc2OC(F)F)CC1. The minimum absolute atomic E-state index is 0.0796. The number of ether oxygens (including phenoxy) is 2. The molecule has 1 aromatic rings. The molecule has 144 valence electrons. The molecule has 2 rings (SSSR count). The lowest BCUT2D eigenvalue weighted by Crippen LogP contribution is -2.47. The van der Waals surface area contributed by atoms with Crippen LogP contribution in [0.4, 0.5) is 14.5 Å². The van der Waals surface area contributed by atoms with Crippen LogP contribution in [-0.2, 0) is 14.3 Å². The highest BCUT2D eigenvalue weighted by Crippen LogP contribution is 2.26. The van der Waals surface area contributed by atoms with Crippen LogP contribution in [-0.4, -0.2) is 49.1 Å². The van der Waals surface area contributed by atoms with Crippen LogP contribution in [0.1, 0.15) is 26.7 Å². The van der Waals surface area contributed by atoms with E-state index in [0.29, 0.717) is 32.5 Å². The van der Waals surface area contributed by atoms with E-state index in [4.69, 9.17) is 4.74 Å². The second-order valence-corrected chi connectivity index (χ2v) is 6.10. The van der Waals surface area contributed by atoms with Gasteiger partial charge < -0.3 is 14.8 Å². The van der Waals surface area contributed by atoms with Crippen LogP contribution in [0.15, 0.2) is 24.3 Å². The van der Waals surface area contributed by atoms with Crippen LogP contribution in [0.5, 0.6) is 5.75 Å². The van der Waals surface area contributed by atoms with Crippen molar-refractivity contribution in [1.82, 2.24) is 4.90 Å². The number of nitrogens with one attached hydrogen (secondary N) is 1. The second kappa shape index (κ2) is 9.47. The number of para-hydroxylation sites is 2. The van der Waals surface area contributed by atoms with Gasteiger partial charge in [-0.2, -0.15) is 8.78 Å². The third-order valence-electron chi connectivity index (χ3n) is 4.44. The van der Waals surface area contributed by atoms with Gasteiger partial charge in [-0.25, -0.2) is 0 Å². The highest BCUT2D eigenvalue weighted by atomic mass is 19.3. The zero-order valence-electron chi connectivity index (χ0n) is 14.9. The summed E-state index contributed by atoms with van der Waals surface area (Å²) in [5, 5.41) is 2.64. The van der Waals surface area contributed by atoms with Gasteiger partial charge in [0.15, 0.2) is 0 Å². The fraction of sp³-hybridized carbons (Fsp3) is 0.556. The number of carbonyl (C=O) groups excluding carboxylic acids is 2. The molecule has 1 heterocycles. The van der Waals surface area contributed by atoms with Crippen LogP contribution < -0.4 is 10.1 Å². The first-order valence-corrected chi connectivity index (χ1v) is 8.67. The first-order chi connectivity index (χ1) is 12.4.